The third-order valence-electron chi connectivity index (χ3n) is 7.09. The Morgan fingerprint density at radius 1 is 1.37 bits per heavy atom. The Hall–Kier alpha value is -2.24. The van der Waals surface area contributed by atoms with Crippen LogP contribution in [0.25, 0.3) is 0 Å². The van der Waals surface area contributed by atoms with Crippen LogP contribution in [0.1, 0.15) is 68.4 Å². The number of carbonyl (C=O) groups is 1. The van der Waals surface area contributed by atoms with Gasteiger partial charge in [0.25, 0.3) is 5.91 Å². The molecule has 7 nitrogen and oxygen atoms in total. The molecule has 4 rings (SSSR count). The van der Waals surface area contributed by atoms with E-state index in [9.17, 15) is 10.1 Å². The Morgan fingerprint density at radius 2 is 2.10 bits per heavy atom. The van der Waals surface area contributed by atoms with Gasteiger partial charge in [0, 0.05) is 5.38 Å². The molecule has 0 bridgehead atoms. The predicted octanol–water partition coefficient (Wildman–Crippen LogP) is 3.41. The fourth-order valence-electron chi connectivity index (χ4n) is 4.86. The fourth-order valence-corrected chi connectivity index (χ4v) is 5.49. The fraction of sp³-hybridized carbons (Fsp3) is 0.636. The molecule has 0 radical (unpaired) electrons. The lowest BCUT2D eigenvalue weighted by Gasteiger charge is -2.40. The van der Waals surface area contributed by atoms with Gasteiger partial charge >= 0.3 is 0 Å². The quantitative estimate of drug-likeness (QED) is 0.764. The van der Waals surface area contributed by atoms with E-state index >= 15 is 0 Å². The number of thiophene rings is 1. The van der Waals surface area contributed by atoms with E-state index < -0.39 is 11.1 Å². The number of carbonyl (C=O) groups excluding carboxylic acids is 1. The van der Waals surface area contributed by atoms with Crippen molar-refractivity contribution in [2.24, 2.45) is 11.8 Å². The minimum atomic E-state index is -0.671. The van der Waals surface area contributed by atoms with Crippen LogP contribution in [0.15, 0.2) is 23.0 Å². The normalized spacial score (nSPS) is 25.8. The number of nitrogens with zero attached hydrogens (tertiary/aromatic N) is 4. The lowest BCUT2D eigenvalue weighted by molar-refractivity contribution is 0.0813. The molecule has 3 heterocycles. The first kappa shape index (κ1) is 21.0. The molecule has 1 amide bonds. The van der Waals surface area contributed by atoms with E-state index in [0.29, 0.717) is 24.3 Å². The minimum Gasteiger partial charge on any atom is -0.341 e. The highest BCUT2D eigenvalue weighted by atomic mass is 32.1. The molecular formula is C22H30N6OS. The summed E-state index contributed by atoms with van der Waals surface area (Å²) in [6.07, 6.45) is 7.69. The molecule has 30 heavy (non-hydrogen) atoms. The zero-order valence-electron chi connectivity index (χ0n) is 17.7. The number of amides is 1. The maximum atomic E-state index is 13.0. The lowest BCUT2D eigenvalue weighted by Crippen LogP contribution is -2.50. The average Bonchev–Trinajstić information content (AvgIpc) is 3.47. The van der Waals surface area contributed by atoms with E-state index in [4.69, 9.17) is 0 Å². The van der Waals surface area contributed by atoms with Crippen LogP contribution in [-0.2, 0) is 11.1 Å². The summed E-state index contributed by atoms with van der Waals surface area (Å²) in [6, 6.07) is 4.33. The monoisotopic (exact) mass is 426 g/mol. The number of nitrogens with one attached hydrogen (secondary N) is 2. The van der Waals surface area contributed by atoms with Crippen molar-refractivity contribution < 1.29 is 4.79 Å². The summed E-state index contributed by atoms with van der Waals surface area (Å²) in [6.45, 7) is 5.94. The highest BCUT2D eigenvalue weighted by Gasteiger charge is 2.43. The summed E-state index contributed by atoms with van der Waals surface area (Å²) in [5, 5.41) is 29.2. The number of rotatable bonds is 5. The zero-order valence-corrected chi connectivity index (χ0v) is 18.5. The molecule has 1 saturated carbocycles. The third-order valence-corrected chi connectivity index (χ3v) is 7.78. The summed E-state index contributed by atoms with van der Waals surface area (Å²) in [5.74, 6) is 0.918. The second-order valence-electron chi connectivity index (χ2n) is 9.07. The van der Waals surface area contributed by atoms with Crippen molar-refractivity contribution in [1.82, 2.24) is 25.6 Å². The number of aromatic nitrogens is 3. The molecule has 2 aromatic rings. The van der Waals surface area contributed by atoms with E-state index in [1.54, 1.807) is 4.68 Å². The van der Waals surface area contributed by atoms with Gasteiger partial charge in [-0.25, -0.2) is 4.68 Å². The van der Waals surface area contributed by atoms with Gasteiger partial charge in [-0.2, -0.15) is 16.6 Å². The first-order valence-electron chi connectivity index (χ1n) is 10.9. The van der Waals surface area contributed by atoms with Crippen LogP contribution in [0, 0.1) is 23.2 Å². The zero-order chi connectivity index (χ0) is 21.2. The minimum absolute atomic E-state index is 0.0798. The third kappa shape index (κ3) is 3.88. The number of hydrogen-bond donors (Lipinski definition) is 2. The molecule has 8 heteroatoms. The molecule has 2 aliphatic rings. The van der Waals surface area contributed by atoms with E-state index in [0.717, 1.165) is 44.5 Å². The standard InChI is InChI=1S/C22H30N6OS/c1-16-3-5-18(6-4-16)21(2,25-20(29)17-7-12-30-14-17)19-13-28(27-26-19)22(15-23)8-10-24-11-9-22/h7,12-14,16,18,24H,3-6,8-11H2,1-2H3,(H,25,29)/t16-,18-,21-/m0/s1. The molecule has 2 N–H and O–H groups in total. The smallest absolute Gasteiger partial charge is 0.252 e. The van der Waals surface area contributed by atoms with Gasteiger partial charge in [0.2, 0.25) is 0 Å². The van der Waals surface area contributed by atoms with E-state index in [-0.39, 0.29) is 11.8 Å². The van der Waals surface area contributed by atoms with Gasteiger partial charge in [-0.3, -0.25) is 4.79 Å². The molecule has 2 aromatic heterocycles. The summed E-state index contributed by atoms with van der Waals surface area (Å²) in [7, 11) is 0. The first-order chi connectivity index (χ1) is 14.5. The second kappa shape index (κ2) is 8.48. The maximum absolute atomic E-state index is 13.0. The van der Waals surface area contributed by atoms with Crippen LogP contribution < -0.4 is 10.6 Å². The van der Waals surface area contributed by atoms with E-state index in [1.165, 1.54) is 11.3 Å². The predicted molar refractivity (Wildman–Crippen MR) is 116 cm³/mol. The summed E-state index contributed by atoms with van der Waals surface area (Å²) in [4.78, 5) is 13.0. The van der Waals surface area contributed by atoms with Crippen molar-refractivity contribution in [2.75, 3.05) is 13.1 Å². The lowest BCUT2D eigenvalue weighted by atomic mass is 9.71. The molecule has 0 spiro atoms. The van der Waals surface area contributed by atoms with Gasteiger partial charge in [-0.1, -0.05) is 25.0 Å². The SMILES string of the molecule is C[C@@](NC(=O)c1ccsc1)(c1cn(C2(C#N)CCNCC2)nn1)[C@H]1CC[C@H](C)CC1. The van der Waals surface area contributed by atoms with Gasteiger partial charge in [0.15, 0.2) is 5.54 Å². The Labute approximate surface area is 181 Å². The van der Waals surface area contributed by atoms with Crippen LogP contribution in [0.5, 0.6) is 0 Å². The van der Waals surface area contributed by atoms with E-state index in [1.807, 2.05) is 23.0 Å². The molecule has 1 atom stereocenters. The summed E-state index contributed by atoms with van der Waals surface area (Å²) >= 11 is 1.52. The van der Waals surface area contributed by atoms with Crippen molar-refractivity contribution in [3.05, 3.63) is 34.3 Å². The molecule has 0 aromatic carbocycles. The van der Waals surface area contributed by atoms with Crippen molar-refractivity contribution >= 4 is 17.2 Å². The largest absolute Gasteiger partial charge is 0.341 e. The average molecular weight is 427 g/mol. The summed E-state index contributed by atoms with van der Waals surface area (Å²) in [5.41, 5.74) is 0.130. The van der Waals surface area contributed by atoms with Crippen LogP contribution in [0.3, 0.4) is 0 Å². The molecule has 2 fully saturated rings. The molecule has 0 unspecified atom stereocenters. The van der Waals surface area contributed by atoms with Crippen molar-refractivity contribution in [3.8, 4) is 6.07 Å². The maximum Gasteiger partial charge on any atom is 0.252 e. The van der Waals surface area contributed by atoms with Crippen LogP contribution in [0.2, 0.25) is 0 Å². The molecule has 1 aliphatic carbocycles. The Morgan fingerprint density at radius 3 is 2.73 bits per heavy atom. The Bertz CT molecular complexity index is 902. The molecule has 1 aliphatic heterocycles. The summed E-state index contributed by atoms with van der Waals surface area (Å²) < 4.78 is 1.74. The van der Waals surface area contributed by atoms with Crippen LogP contribution in [-0.4, -0.2) is 34.0 Å². The van der Waals surface area contributed by atoms with Gasteiger partial charge in [0.1, 0.15) is 5.69 Å². The Kier molecular flexibility index (Phi) is 5.94. The first-order valence-corrected chi connectivity index (χ1v) is 11.8. The number of nitriles is 1. The van der Waals surface area contributed by atoms with Crippen LogP contribution >= 0.6 is 11.3 Å². The molecule has 160 valence electrons. The highest BCUT2D eigenvalue weighted by molar-refractivity contribution is 7.08. The molecular weight excluding hydrogens is 396 g/mol. The van der Waals surface area contributed by atoms with Crippen molar-refractivity contribution in [2.45, 2.75) is 63.5 Å². The van der Waals surface area contributed by atoms with Gasteiger partial charge in [-0.05, 0) is 69.0 Å². The second-order valence-corrected chi connectivity index (χ2v) is 9.85. The Balaban J connectivity index is 1.66. The molecule has 1 saturated heterocycles. The van der Waals surface area contributed by atoms with E-state index in [2.05, 4.69) is 40.9 Å². The van der Waals surface area contributed by atoms with Crippen LogP contribution in [0.4, 0.5) is 0 Å². The number of hydrogen-bond acceptors (Lipinski definition) is 6. The number of piperidine rings is 1. The van der Waals surface area contributed by atoms with Gasteiger partial charge in [-0.15, -0.1) is 5.10 Å². The highest BCUT2D eigenvalue weighted by Crippen LogP contribution is 2.41. The topological polar surface area (TPSA) is 95.6 Å². The van der Waals surface area contributed by atoms with Gasteiger partial charge in [0.05, 0.1) is 23.4 Å². The van der Waals surface area contributed by atoms with Crippen molar-refractivity contribution in [1.29, 1.82) is 5.26 Å². The van der Waals surface area contributed by atoms with Gasteiger partial charge < -0.3 is 10.6 Å². The van der Waals surface area contributed by atoms with Crippen molar-refractivity contribution in [3.63, 3.8) is 0 Å².